The summed E-state index contributed by atoms with van der Waals surface area (Å²) in [6.07, 6.45) is 0.782. The summed E-state index contributed by atoms with van der Waals surface area (Å²) in [5.74, 6) is -0.421. The predicted molar refractivity (Wildman–Crippen MR) is 111 cm³/mol. The Morgan fingerprint density at radius 1 is 1.14 bits per heavy atom. The summed E-state index contributed by atoms with van der Waals surface area (Å²) in [5.41, 5.74) is 6.81. The highest BCUT2D eigenvalue weighted by Crippen LogP contribution is 2.22. The van der Waals surface area contributed by atoms with Gasteiger partial charge in [-0.15, -0.1) is 0 Å². The van der Waals surface area contributed by atoms with Crippen LogP contribution < -0.4 is 11.1 Å². The van der Waals surface area contributed by atoms with Gasteiger partial charge in [0.25, 0.3) is 5.91 Å². The number of benzene rings is 2. The molecule has 1 saturated heterocycles. The van der Waals surface area contributed by atoms with Gasteiger partial charge >= 0.3 is 6.09 Å². The lowest BCUT2D eigenvalue weighted by molar-refractivity contribution is 0.0809. The van der Waals surface area contributed by atoms with Crippen LogP contribution >= 0.6 is 23.2 Å². The Kier molecular flexibility index (Phi) is 6.71. The minimum atomic E-state index is -0.422. The van der Waals surface area contributed by atoms with Crippen molar-refractivity contribution in [2.24, 2.45) is 0 Å². The number of nitrogens with zero attached hydrogens (tertiary/aromatic N) is 1. The standard InChI is InChI=1S/C20H21Cl2N3O4/c21-14-7-12(8-15(22)10-14)11-29-20(28)25-5-3-16(4-6-25)24-19(27)13-1-2-17(23)18(26)9-13/h1-2,7-10,16,26H,3-6,11,23H2,(H,24,27). The van der Waals surface area contributed by atoms with Crippen LogP contribution in [-0.2, 0) is 11.3 Å². The molecule has 0 radical (unpaired) electrons. The number of hydrogen-bond donors (Lipinski definition) is 3. The molecule has 1 aliphatic rings. The first-order chi connectivity index (χ1) is 13.8. The quantitative estimate of drug-likeness (QED) is 0.498. The number of amides is 2. The average molecular weight is 438 g/mol. The van der Waals surface area contributed by atoms with Crippen LogP contribution in [0.15, 0.2) is 36.4 Å². The van der Waals surface area contributed by atoms with Crippen LogP contribution in [-0.4, -0.2) is 41.1 Å². The number of piperidine rings is 1. The van der Waals surface area contributed by atoms with E-state index in [1.807, 2.05) is 0 Å². The van der Waals surface area contributed by atoms with Crippen molar-refractivity contribution in [1.29, 1.82) is 0 Å². The summed E-state index contributed by atoms with van der Waals surface area (Å²) >= 11 is 11.9. The van der Waals surface area contributed by atoms with Gasteiger partial charge in [-0.25, -0.2) is 4.79 Å². The fourth-order valence-electron chi connectivity index (χ4n) is 3.09. The fraction of sp³-hybridized carbons (Fsp3) is 0.300. The Labute approximate surface area is 178 Å². The largest absolute Gasteiger partial charge is 0.506 e. The van der Waals surface area contributed by atoms with Crippen LogP contribution in [0.3, 0.4) is 0 Å². The molecule has 3 rings (SSSR count). The second-order valence-electron chi connectivity index (χ2n) is 6.84. The molecule has 2 aromatic rings. The third-order valence-corrected chi connectivity index (χ3v) is 5.10. The minimum Gasteiger partial charge on any atom is -0.506 e. The van der Waals surface area contributed by atoms with E-state index in [1.54, 1.807) is 29.2 Å². The van der Waals surface area contributed by atoms with E-state index in [9.17, 15) is 14.7 Å². The SMILES string of the molecule is Nc1ccc(C(=O)NC2CCN(C(=O)OCc3cc(Cl)cc(Cl)c3)CC2)cc1O. The van der Waals surface area contributed by atoms with Crippen LogP contribution in [0.5, 0.6) is 5.75 Å². The van der Waals surface area contributed by atoms with Crippen LogP contribution in [0.2, 0.25) is 10.0 Å². The summed E-state index contributed by atoms with van der Waals surface area (Å²) in [7, 11) is 0. The summed E-state index contributed by atoms with van der Waals surface area (Å²) in [5, 5.41) is 13.5. The fourth-order valence-corrected chi connectivity index (χ4v) is 3.66. The molecule has 0 bridgehead atoms. The number of nitrogens with one attached hydrogen (secondary N) is 1. The first kappa shape index (κ1) is 21.1. The topological polar surface area (TPSA) is 105 Å². The van der Waals surface area contributed by atoms with E-state index in [0.29, 0.717) is 47.1 Å². The maximum absolute atomic E-state index is 12.3. The number of phenolic OH excluding ortho intramolecular Hbond substituents is 1. The molecule has 0 saturated carbocycles. The molecule has 0 unspecified atom stereocenters. The highest BCUT2D eigenvalue weighted by atomic mass is 35.5. The third-order valence-electron chi connectivity index (χ3n) is 4.67. The molecule has 1 fully saturated rings. The lowest BCUT2D eigenvalue weighted by atomic mass is 10.0. The molecule has 2 amide bonds. The maximum atomic E-state index is 12.3. The van der Waals surface area contributed by atoms with Crippen molar-refractivity contribution in [1.82, 2.24) is 10.2 Å². The van der Waals surface area contributed by atoms with Gasteiger partial charge in [-0.3, -0.25) is 4.79 Å². The second-order valence-corrected chi connectivity index (χ2v) is 7.71. The number of nitrogen functional groups attached to an aromatic ring is 1. The molecule has 9 heteroatoms. The number of hydrogen-bond acceptors (Lipinski definition) is 5. The lowest BCUT2D eigenvalue weighted by Crippen LogP contribution is -2.46. The van der Waals surface area contributed by atoms with Gasteiger partial charge in [-0.1, -0.05) is 23.2 Å². The molecule has 4 N–H and O–H groups in total. The number of phenols is 1. The maximum Gasteiger partial charge on any atom is 0.410 e. The van der Waals surface area contributed by atoms with Crippen LogP contribution in [0, 0.1) is 0 Å². The van der Waals surface area contributed by atoms with E-state index in [-0.39, 0.29) is 30.0 Å². The monoisotopic (exact) mass is 437 g/mol. The van der Waals surface area contributed by atoms with E-state index in [4.69, 9.17) is 33.7 Å². The smallest absolute Gasteiger partial charge is 0.410 e. The van der Waals surface area contributed by atoms with Gasteiger partial charge < -0.3 is 25.8 Å². The zero-order valence-corrected chi connectivity index (χ0v) is 17.0. The molecule has 0 spiro atoms. The molecule has 0 aliphatic carbocycles. The van der Waals surface area contributed by atoms with Crippen molar-refractivity contribution in [3.05, 3.63) is 57.6 Å². The van der Waals surface area contributed by atoms with Gasteiger partial charge in [0, 0.05) is 34.7 Å². The van der Waals surface area contributed by atoms with Crippen molar-refractivity contribution in [3.8, 4) is 5.75 Å². The van der Waals surface area contributed by atoms with E-state index in [1.165, 1.54) is 12.1 Å². The highest BCUT2D eigenvalue weighted by Gasteiger charge is 2.25. The Morgan fingerprint density at radius 3 is 2.41 bits per heavy atom. The van der Waals surface area contributed by atoms with Crippen molar-refractivity contribution in [2.45, 2.75) is 25.5 Å². The molecule has 154 valence electrons. The molecule has 29 heavy (non-hydrogen) atoms. The van der Waals surface area contributed by atoms with Gasteiger partial charge in [0.2, 0.25) is 0 Å². The van der Waals surface area contributed by atoms with Gasteiger partial charge in [-0.05, 0) is 54.8 Å². The molecule has 0 atom stereocenters. The van der Waals surface area contributed by atoms with Crippen LogP contribution in [0.4, 0.5) is 10.5 Å². The van der Waals surface area contributed by atoms with Crippen LogP contribution in [0.25, 0.3) is 0 Å². The second kappa shape index (κ2) is 9.24. The molecule has 1 aliphatic heterocycles. The summed E-state index contributed by atoms with van der Waals surface area (Å²) < 4.78 is 5.33. The zero-order chi connectivity index (χ0) is 21.0. The highest BCUT2D eigenvalue weighted by molar-refractivity contribution is 6.34. The number of nitrogens with two attached hydrogens (primary N) is 1. The molecule has 1 heterocycles. The summed E-state index contributed by atoms with van der Waals surface area (Å²) in [4.78, 5) is 26.2. The number of ether oxygens (including phenoxy) is 1. The van der Waals surface area contributed by atoms with Crippen molar-refractivity contribution in [3.63, 3.8) is 0 Å². The Balaban J connectivity index is 1.46. The zero-order valence-electron chi connectivity index (χ0n) is 15.5. The van der Waals surface area contributed by atoms with Gasteiger partial charge in [-0.2, -0.15) is 0 Å². The van der Waals surface area contributed by atoms with Gasteiger partial charge in [0.05, 0.1) is 5.69 Å². The summed E-state index contributed by atoms with van der Waals surface area (Å²) in [6.45, 7) is 1.01. The van der Waals surface area contributed by atoms with E-state index in [2.05, 4.69) is 5.32 Å². The minimum absolute atomic E-state index is 0.0713. The van der Waals surface area contributed by atoms with Gasteiger partial charge in [0.15, 0.2) is 0 Å². The normalized spacial score (nSPS) is 14.5. The summed E-state index contributed by atoms with van der Waals surface area (Å²) in [6, 6.07) is 9.29. The first-order valence-corrected chi connectivity index (χ1v) is 9.83. The number of halogens is 2. The number of likely N-dealkylation sites (tertiary alicyclic amines) is 1. The van der Waals surface area contributed by atoms with Crippen molar-refractivity contribution >= 4 is 40.9 Å². The van der Waals surface area contributed by atoms with E-state index >= 15 is 0 Å². The molecular weight excluding hydrogens is 417 g/mol. The Morgan fingerprint density at radius 2 is 1.79 bits per heavy atom. The van der Waals surface area contributed by atoms with E-state index < -0.39 is 6.09 Å². The number of anilines is 1. The third kappa shape index (κ3) is 5.68. The first-order valence-electron chi connectivity index (χ1n) is 9.08. The van der Waals surface area contributed by atoms with Gasteiger partial charge in [0.1, 0.15) is 12.4 Å². The molecular formula is C20H21Cl2N3O4. The van der Waals surface area contributed by atoms with Crippen molar-refractivity contribution in [2.75, 3.05) is 18.8 Å². The number of rotatable bonds is 4. The molecule has 0 aromatic heterocycles. The Hall–Kier alpha value is -2.64. The predicted octanol–water partition coefficient (Wildman–Crippen LogP) is 3.81. The average Bonchev–Trinajstić information content (AvgIpc) is 2.68. The number of carbonyl (C=O) groups is 2. The van der Waals surface area contributed by atoms with Crippen molar-refractivity contribution < 1.29 is 19.4 Å². The lowest BCUT2D eigenvalue weighted by Gasteiger charge is -2.31. The van der Waals surface area contributed by atoms with Crippen LogP contribution in [0.1, 0.15) is 28.8 Å². The molecule has 2 aromatic carbocycles. The number of aromatic hydroxyl groups is 1. The molecule has 7 nitrogen and oxygen atoms in total. The number of carbonyl (C=O) groups excluding carboxylic acids is 2. The van der Waals surface area contributed by atoms with E-state index in [0.717, 1.165) is 0 Å². The Bertz CT molecular complexity index is 894.